The molecule has 0 radical (unpaired) electrons. The maximum atomic E-state index is 12.3. The first-order valence-electron chi connectivity index (χ1n) is 7.37. The molecule has 0 aliphatic rings. The Labute approximate surface area is 142 Å². The summed E-state index contributed by atoms with van der Waals surface area (Å²) in [6.07, 6.45) is 0. The molecule has 0 bridgehead atoms. The molecule has 8 heteroatoms. The van der Waals surface area contributed by atoms with Crippen LogP contribution in [-0.2, 0) is 18.8 Å². The summed E-state index contributed by atoms with van der Waals surface area (Å²) < 4.78 is 8.42. The fraction of sp³-hybridized carbons (Fsp3) is 0.250. The maximum absolute atomic E-state index is 12.3. The highest BCUT2D eigenvalue weighted by Gasteiger charge is 2.13. The molecule has 1 aromatic carbocycles. The van der Waals surface area contributed by atoms with E-state index in [1.807, 2.05) is 0 Å². The van der Waals surface area contributed by atoms with Gasteiger partial charge in [-0.25, -0.2) is 9.78 Å². The van der Waals surface area contributed by atoms with Gasteiger partial charge in [-0.3, -0.25) is 9.36 Å². The number of ether oxygens (including phenoxy) is 1. The zero-order valence-corrected chi connectivity index (χ0v) is 14.3. The molecular weight excluding hydrogens is 328 g/mol. The van der Waals surface area contributed by atoms with Crippen LogP contribution in [-0.4, -0.2) is 31.7 Å². The first-order chi connectivity index (χ1) is 11.4. The summed E-state index contributed by atoms with van der Waals surface area (Å²) in [5.74, 6) is 0.165. The van der Waals surface area contributed by atoms with E-state index in [1.165, 1.54) is 4.57 Å². The van der Waals surface area contributed by atoms with Crippen LogP contribution in [0.2, 0.25) is 0 Å². The summed E-state index contributed by atoms with van der Waals surface area (Å²) in [6.45, 7) is 2.09. The lowest BCUT2D eigenvalue weighted by Crippen LogP contribution is -2.21. The van der Waals surface area contributed by atoms with Crippen molar-refractivity contribution in [3.8, 4) is 11.4 Å². The van der Waals surface area contributed by atoms with Gasteiger partial charge in [0.25, 0.3) is 5.56 Å². The lowest BCUT2D eigenvalue weighted by Gasteiger charge is -2.03. The molecule has 0 fully saturated rings. The predicted molar refractivity (Wildman–Crippen MR) is 92.5 cm³/mol. The Morgan fingerprint density at radius 3 is 2.54 bits per heavy atom. The van der Waals surface area contributed by atoms with Crippen LogP contribution in [0.3, 0.4) is 0 Å². The lowest BCUT2D eigenvalue weighted by atomic mass is 10.1. The second kappa shape index (κ2) is 6.04. The highest BCUT2D eigenvalue weighted by Crippen LogP contribution is 2.19. The number of H-pyrrole nitrogens is 1. The van der Waals surface area contributed by atoms with E-state index in [-0.39, 0.29) is 11.5 Å². The Morgan fingerprint density at radius 1 is 1.25 bits per heavy atom. The number of rotatable bonds is 3. The SMILES string of the molecule is CCOC(=O)c1ccc(-c2nc3c([nH]2)c(=O)n(C)c(=S)n3C)cc1. The van der Waals surface area contributed by atoms with Crippen molar-refractivity contribution >= 4 is 29.4 Å². The average molecular weight is 344 g/mol. The second-order valence-corrected chi connectivity index (χ2v) is 5.65. The molecule has 124 valence electrons. The molecule has 0 aliphatic heterocycles. The van der Waals surface area contributed by atoms with Gasteiger partial charge in [0.2, 0.25) is 0 Å². The van der Waals surface area contributed by atoms with Gasteiger partial charge in [0.1, 0.15) is 11.3 Å². The van der Waals surface area contributed by atoms with Gasteiger partial charge in [-0.1, -0.05) is 12.1 Å². The molecule has 0 saturated heterocycles. The minimum Gasteiger partial charge on any atom is -0.462 e. The number of imidazole rings is 1. The number of aromatic nitrogens is 4. The van der Waals surface area contributed by atoms with E-state index in [2.05, 4.69) is 9.97 Å². The molecule has 0 aliphatic carbocycles. The molecule has 7 nitrogen and oxygen atoms in total. The molecule has 2 aromatic heterocycles. The number of esters is 1. The molecular formula is C16H16N4O3S. The van der Waals surface area contributed by atoms with Crippen molar-refractivity contribution in [2.75, 3.05) is 6.61 Å². The van der Waals surface area contributed by atoms with Crippen LogP contribution in [0, 0.1) is 4.77 Å². The largest absolute Gasteiger partial charge is 0.462 e. The molecule has 0 atom stereocenters. The van der Waals surface area contributed by atoms with Crippen molar-refractivity contribution < 1.29 is 9.53 Å². The third-order valence-electron chi connectivity index (χ3n) is 3.76. The summed E-state index contributed by atoms with van der Waals surface area (Å²) in [5.41, 5.74) is 1.87. The van der Waals surface area contributed by atoms with Gasteiger partial charge in [0.15, 0.2) is 10.4 Å². The van der Waals surface area contributed by atoms with E-state index in [4.69, 9.17) is 17.0 Å². The van der Waals surface area contributed by atoms with Crippen molar-refractivity contribution in [1.29, 1.82) is 0 Å². The van der Waals surface area contributed by atoms with Gasteiger partial charge in [0, 0.05) is 19.7 Å². The first kappa shape index (κ1) is 16.1. The molecule has 2 heterocycles. The highest BCUT2D eigenvalue weighted by atomic mass is 32.1. The topological polar surface area (TPSA) is 81.9 Å². The van der Waals surface area contributed by atoms with Gasteiger partial charge in [-0.05, 0) is 31.3 Å². The first-order valence-corrected chi connectivity index (χ1v) is 7.78. The number of nitrogens with one attached hydrogen (secondary N) is 1. The third-order valence-corrected chi connectivity index (χ3v) is 4.31. The number of fused-ring (bicyclic) bond motifs is 1. The van der Waals surface area contributed by atoms with Crippen LogP contribution >= 0.6 is 12.2 Å². The van der Waals surface area contributed by atoms with E-state index in [1.54, 1.807) is 49.9 Å². The Hall–Kier alpha value is -2.74. The minimum absolute atomic E-state index is 0.227. The van der Waals surface area contributed by atoms with Crippen LogP contribution < -0.4 is 5.56 Å². The van der Waals surface area contributed by atoms with Gasteiger partial charge in [0.05, 0.1) is 12.2 Å². The van der Waals surface area contributed by atoms with Crippen LogP contribution in [0.25, 0.3) is 22.6 Å². The average Bonchev–Trinajstić information content (AvgIpc) is 3.04. The van der Waals surface area contributed by atoms with Gasteiger partial charge in [-0.15, -0.1) is 0 Å². The third kappa shape index (κ3) is 2.54. The second-order valence-electron chi connectivity index (χ2n) is 5.29. The number of carbonyl (C=O) groups excluding carboxylic acids is 1. The normalized spacial score (nSPS) is 11.0. The molecule has 0 amide bonds. The summed E-state index contributed by atoms with van der Waals surface area (Å²) >= 11 is 5.23. The Morgan fingerprint density at radius 2 is 1.92 bits per heavy atom. The van der Waals surface area contributed by atoms with Crippen LogP contribution in [0.5, 0.6) is 0 Å². The molecule has 0 spiro atoms. The number of aryl methyl sites for hydroxylation is 1. The van der Waals surface area contributed by atoms with Crippen LogP contribution in [0.1, 0.15) is 17.3 Å². The van der Waals surface area contributed by atoms with Crippen molar-refractivity contribution in [2.45, 2.75) is 6.92 Å². The lowest BCUT2D eigenvalue weighted by molar-refractivity contribution is 0.0526. The number of hydrogen-bond acceptors (Lipinski definition) is 5. The Balaban J connectivity index is 2.09. The quantitative estimate of drug-likeness (QED) is 0.582. The molecule has 3 aromatic rings. The summed E-state index contributed by atoms with van der Waals surface area (Å²) in [7, 11) is 3.39. The maximum Gasteiger partial charge on any atom is 0.338 e. The molecule has 3 rings (SSSR count). The smallest absolute Gasteiger partial charge is 0.338 e. The van der Waals surface area contributed by atoms with E-state index in [0.717, 1.165) is 5.56 Å². The summed E-state index contributed by atoms with van der Waals surface area (Å²) in [6, 6.07) is 6.83. The zero-order chi connectivity index (χ0) is 17.4. The number of benzene rings is 1. The van der Waals surface area contributed by atoms with E-state index in [0.29, 0.717) is 33.9 Å². The van der Waals surface area contributed by atoms with E-state index >= 15 is 0 Å². The van der Waals surface area contributed by atoms with Crippen molar-refractivity contribution in [2.24, 2.45) is 14.1 Å². The Bertz CT molecular complexity index is 1040. The standard InChI is InChI=1S/C16H16N4O3S/c1-4-23-15(22)10-7-5-9(6-8-10)12-17-11-13(18-12)19(2)16(24)20(3)14(11)21/h5-8H,4H2,1-3H3,(H,17,18). The van der Waals surface area contributed by atoms with Gasteiger partial charge < -0.3 is 14.3 Å². The van der Waals surface area contributed by atoms with Gasteiger partial charge in [-0.2, -0.15) is 0 Å². The highest BCUT2D eigenvalue weighted by molar-refractivity contribution is 7.71. The van der Waals surface area contributed by atoms with E-state index < -0.39 is 0 Å². The van der Waals surface area contributed by atoms with E-state index in [9.17, 15) is 9.59 Å². The Kier molecular flexibility index (Phi) is 4.06. The van der Waals surface area contributed by atoms with Crippen LogP contribution in [0.15, 0.2) is 29.1 Å². The predicted octanol–water partition coefficient (Wildman–Crippen LogP) is 2.17. The number of aromatic amines is 1. The minimum atomic E-state index is -0.371. The van der Waals surface area contributed by atoms with Gasteiger partial charge >= 0.3 is 5.97 Å². The number of nitrogens with zero attached hydrogens (tertiary/aromatic N) is 3. The molecule has 1 N–H and O–H groups in total. The fourth-order valence-electron chi connectivity index (χ4n) is 2.44. The number of carbonyl (C=O) groups is 1. The summed E-state index contributed by atoms with van der Waals surface area (Å²) in [4.78, 5) is 31.5. The molecule has 0 unspecified atom stereocenters. The fourth-order valence-corrected chi connectivity index (χ4v) is 2.61. The monoisotopic (exact) mass is 344 g/mol. The van der Waals surface area contributed by atoms with Crippen molar-refractivity contribution in [1.82, 2.24) is 19.1 Å². The van der Waals surface area contributed by atoms with Crippen LogP contribution in [0.4, 0.5) is 0 Å². The molecule has 24 heavy (non-hydrogen) atoms. The number of hydrogen-bond donors (Lipinski definition) is 1. The van der Waals surface area contributed by atoms with Crippen molar-refractivity contribution in [3.05, 3.63) is 45.0 Å². The van der Waals surface area contributed by atoms with Crippen molar-refractivity contribution in [3.63, 3.8) is 0 Å². The zero-order valence-electron chi connectivity index (χ0n) is 13.5. The molecule has 0 saturated carbocycles. The summed E-state index contributed by atoms with van der Waals surface area (Å²) in [5, 5.41) is 0.